The van der Waals surface area contributed by atoms with Gasteiger partial charge in [0.05, 0.1) is 13.2 Å². The highest BCUT2D eigenvalue weighted by molar-refractivity contribution is 5.94. The van der Waals surface area contributed by atoms with E-state index in [0.717, 1.165) is 38.1 Å². The predicted molar refractivity (Wildman–Crippen MR) is 103 cm³/mol. The van der Waals surface area contributed by atoms with Gasteiger partial charge in [-0.05, 0) is 23.4 Å². The number of ether oxygens (including phenoxy) is 2. The maximum atomic E-state index is 12.7. The van der Waals surface area contributed by atoms with Crippen LogP contribution in [0.2, 0.25) is 0 Å². The number of piperidine rings is 1. The molecule has 0 unspecified atom stereocenters. The molecule has 1 aromatic carbocycles. The zero-order chi connectivity index (χ0) is 19.3. The number of hydrogen-bond donors (Lipinski definition) is 0. The number of carbonyl (C=O) groups is 1. The fourth-order valence-electron chi connectivity index (χ4n) is 3.54. The Balaban J connectivity index is 1.33. The monoisotopic (exact) mass is 386 g/mol. The van der Waals surface area contributed by atoms with E-state index >= 15 is 0 Å². The fraction of sp³-hybridized carbons (Fsp3) is 0.550. The van der Waals surface area contributed by atoms with Crippen LogP contribution in [0.4, 0.5) is 5.95 Å². The molecular formula is C20H26N4O4. The van der Waals surface area contributed by atoms with Gasteiger partial charge in [-0.15, -0.1) is 0 Å². The Morgan fingerprint density at radius 1 is 1.21 bits per heavy atom. The molecular weight excluding hydrogens is 360 g/mol. The Labute approximate surface area is 164 Å². The SMILES string of the molecule is CCc1nc(N2CCC(Oc3cccc(C(=O)N4CCOCC4)c3)CC2)no1. The Kier molecular flexibility index (Phi) is 5.76. The molecule has 8 nitrogen and oxygen atoms in total. The first-order valence-corrected chi connectivity index (χ1v) is 9.94. The van der Waals surface area contributed by atoms with Crippen molar-refractivity contribution in [2.24, 2.45) is 0 Å². The third kappa shape index (κ3) is 4.27. The van der Waals surface area contributed by atoms with Gasteiger partial charge in [0, 0.05) is 51.0 Å². The van der Waals surface area contributed by atoms with Crippen LogP contribution < -0.4 is 9.64 Å². The van der Waals surface area contributed by atoms with Gasteiger partial charge in [-0.1, -0.05) is 13.0 Å². The van der Waals surface area contributed by atoms with Gasteiger partial charge in [0.15, 0.2) is 0 Å². The molecule has 1 aromatic heterocycles. The van der Waals surface area contributed by atoms with Crippen LogP contribution in [0, 0.1) is 0 Å². The van der Waals surface area contributed by atoms with E-state index in [2.05, 4.69) is 15.0 Å². The van der Waals surface area contributed by atoms with Crippen LogP contribution in [0.25, 0.3) is 0 Å². The first-order chi connectivity index (χ1) is 13.7. The van der Waals surface area contributed by atoms with E-state index in [9.17, 15) is 4.79 Å². The quantitative estimate of drug-likeness (QED) is 0.779. The van der Waals surface area contributed by atoms with Gasteiger partial charge in [0.25, 0.3) is 11.9 Å². The van der Waals surface area contributed by atoms with Crippen molar-refractivity contribution in [1.82, 2.24) is 15.0 Å². The van der Waals surface area contributed by atoms with Crippen LogP contribution >= 0.6 is 0 Å². The molecule has 2 aromatic rings. The number of nitrogens with zero attached hydrogens (tertiary/aromatic N) is 4. The zero-order valence-corrected chi connectivity index (χ0v) is 16.2. The van der Waals surface area contributed by atoms with Crippen molar-refractivity contribution in [2.75, 3.05) is 44.3 Å². The molecule has 0 N–H and O–H groups in total. The van der Waals surface area contributed by atoms with Crippen molar-refractivity contribution in [3.05, 3.63) is 35.7 Å². The number of benzene rings is 1. The van der Waals surface area contributed by atoms with Crippen LogP contribution in [-0.4, -0.2) is 66.4 Å². The molecule has 4 rings (SSSR count). The van der Waals surface area contributed by atoms with E-state index < -0.39 is 0 Å². The maximum Gasteiger partial charge on any atom is 0.266 e. The van der Waals surface area contributed by atoms with Gasteiger partial charge in [0.1, 0.15) is 11.9 Å². The maximum absolute atomic E-state index is 12.7. The molecule has 0 bridgehead atoms. The number of aromatic nitrogens is 2. The van der Waals surface area contributed by atoms with Gasteiger partial charge >= 0.3 is 0 Å². The van der Waals surface area contributed by atoms with Crippen molar-refractivity contribution in [2.45, 2.75) is 32.3 Å². The Hall–Kier alpha value is -2.61. The second-order valence-electron chi connectivity index (χ2n) is 7.08. The average Bonchev–Trinajstić information content (AvgIpc) is 3.24. The smallest absolute Gasteiger partial charge is 0.266 e. The highest BCUT2D eigenvalue weighted by atomic mass is 16.5. The number of rotatable bonds is 5. The number of hydrogen-bond acceptors (Lipinski definition) is 7. The second-order valence-corrected chi connectivity index (χ2v) is 7.08. The first kappa shape index (κ1) is 18.7. The van der Waals surface area contributed by atoms with Crippen molar-refractivity contribution in [1.29, 1.82) is 0 Å². The summed E-state index contributed by atoms with van der Waals surface area (Å²) in [5.74, 6) is 2.10. The summed E-state index contributed by atoms with van der Waals surface area (Å²) in [6.07, 6.45) is 2.60. The van der Waals surface area contributed by atoms with E-state index in [1.54, 1.807) is 0 Å². The Morgan fingerprint density at radius 2 is 2.00 bits per heavy atom. The largest absolute Gasteiger partial charge is 0.490 e. The molecule has 2 saturated heterocycles. The minimum atomic E-state index is 0.0346. The highest BCUT2D eigenvalue weighted by Gasteiger charge is 2.24. The van der Waals surface area contributed by atoms with E-state index in [4.69, 9.17) is 14.0 Å². The number of carbonyl (C=O) groups excluding carboxylic acids is 1. The average molecular weight is 386 g/mol. The van der Waals surface area contributed by atoms with Crippen molar-refractivity contribution in [3.63, 3.8) is 0 Å². The van der Waals surface area contributed by atoms with Gasteiger partial charge < -0.3 is 23.8 Å². The number of morpholine rings is 1. The number of aryl methyl sites for hydroxylation is 1. The molecule has 8 heteroatoms. The zero-order valence-electron chi connectivity index (χ0n) is 16.2. The van der Waals surface area contributed by atoms with Gasteiger partial charge in [0.2, 0.25) is 5.89 Å². The third-order valence-electron chi connectivity index (χ3n) is 5.17. The normalized spacial score (nSPS) is 18.3. The lowest BCUT2D eigenvalue weighted by Gasteiger charge is -2.31. The minimum absolute atomic E-state index is 0.0346. The molecule has 0 atom stereocenters. The molecule has 2 fully saturated rings. The van der Waals surface area contributed by atoms with Crippen LogP contribution in [0.1, 0.15) is 36.0 Å². The van der Waals surface area contributed by atoms with Gasteiger partial charge in [-0.2, -0.15) is 4.98 Å². The molecule has 1 amide bonds. The summed E-state index contributed by atoms with van der Waals surface area (Å²) in [6.45, 7) is 6.10. The molecule has 150 valence electrons. The Morgan fingerprint density at radius 3 is 2.71 bits per heavy atom. The van der Waals surface area contributed by atoms with Crippen LogP contribution in [-0.2, 0) is 11.2 Å². The molecule has 3 heterocycles. The van der Waals surface area contributed by atoms with Crippen LogP contribution in [0.5, 0.6) is 5.75 Å². The van der Waals surface area contributed by atoms with Crippen LogP contribution in [0.3, 0.4) is 0 Å². The summed E-state index contributed by atoms with van der Waals surface area (Å²) in [4.78, 5) is 21.0. The first-order valence-electron chi connectivity index (χ1n) is 9.94. The predicted octanol–water partition coefficient (Wildman–Crippen LogP) is 2.15. The minimum Gasteiger partial charge on any atom is -0.490 e. The molecule has 2 aliphatic rings. The molecule has 0 aliphatic carbocycles. The summed E-state index contributed by atoms with van der Waals surface area (Å²) in [7, 11) is 0. The standard InChI is InChI=1S/C20H26N4O4/c1-2-18-21-20(22-28-18)24-8-6-16(7-9-24)27-17-5-3-4-15(14-17)19(25)23-10-12-26-13-11-23/h3-5,14,16H,2,6-13H2,1H3. The Bertz CT molecular complexity index is 795. The number of amides is 1. The van der Waals surface area contributed by atoms with Crippen molar-refractivity contribution < 1.29 is 18.8 Å². The highest BCUT2D eigenvalue weighted by Crippen LogP contribution is 2.23. The van der Waals surface area contributed by atoms with E-state index in [-0.39, 0.29) is 12.0 Å². The van der Waals surface area contributed by atoms with Crippen LogP contribution in [0.15, 0.2) is 28.8 Å². The lowest BCUT2D eigenvalue weighted by atomic mass is 10.1. The molecule has 0 saturated carbocycles. The molecule has 0 radical (unpaired) electrons. The van der Waals surface area contributed by atoms with Crippen molar-refractivity contribution in [3.8, 4) is 5.75 Å². The third-order valence-corrected chi connectivity index (χ3v) is 5.17. The summed E-state index contributed by atoms with van der Waals surface area (Å²) in [6, 6.07) is 7.48. The van der Waals surface area contributed by atoms with E-state index in [1.165, 1.54) is 0 Å². The molecule has 2 aliphatic heterocycles. The summed E-state index contributed by atoms with van der Waals surface area (Å²) in [5, 5.41) is 4.04. The van der Waals surface area contributed by atoms with E-state index in [0.29, 0.717) is 43.7 Å². The lowest BCUT2D eigenvalue weighted by Crippen LogP contribution is -2.40. The second kappa shape index (κ2) is 8.60. The lowest BCUT2D eigenvalue weighted by molar-refractivity contribution is 0.0302. The molecule has 28 heavy (non-hydrogen) atoms. The molecule has 0 spiro atoms. The van der Waals surface area contributed by atoms with Gasteiger partial charge in [-0.25, -0.2) is 0 Å². The topological polar surface area (TPSA) is 80.9 Å². The summed E-state index contributed by atoms with van der Waals surface area (Å²) < 4.78 is 16.7. The number of anilines is 1. The van der Waals surface area contributed by atoms with Gasteiger partial charge in [-0.3, -0.25) is 4.79 Å². The summed E-state index contributed by atoms with van der Waals surface area (Å²) >= 11 is 0. The summed E-state index contributed by atoms with van der Waals surface area (Å²) in [5.41, 5.74) is 0.663. The van der Waals surface area contributed by atoms with E-state index in [1.807, 2.05) is 36.1 Å². The fourth-order valence-corrected chi connectivity index (χ4v) is 3.54. The van der Waals surface area contributed by atoms with Crippen molar-refractivity contribution >= 4 is 11.9 Å².